The van der Waals surface area contributed by atoms with Crippen LogP contribution in [0.5, 0.6) is 0 Å². The molecule has 0 spiro atoms. The van der Waals surface area contributed by atoms with Crippen molar-refractivity contribution in [3.8, 4) is 0 Å². The van der Waals surface area contributed by atoms with Gasteiger partial charge in [-0.05, 0) is 38.2 Å². The van der Waals surface area contributed by atoms with Crippen LogP contribution in [-0.4, -0.2) is 16.5 Å². The maximum Gasteiger partial charge on any atom is 0.222 e. The van der Waals surface area contributed by atoms with Gasteiger partial charge in [0.25, 0.3) is 0 Å². The van der Waals surface area contributed by atoms with Crippen molar-refractivity contribution in [1.29, 1.82) is 0 Å². The Morgan fingerprint density at radius 2 is 2.07 bits per heavy atom. The Morgan fingerprint density at radius 1 is 1.20 bits per heavy atom. The highest BCUT2D eigenvalue weighted by molar-refractivity contribution is 5.22. The predicted octanol–water partition coefficient (Wildman–Crippen LogP) is 2.78. The standard InChI is InChI=1S/C12H17N3/c1-2-5-11(6-3-1)7-10-15-12-13-8-4-9-14-12/h4-5,8-9H,1-3,6-7,10H2,(H,13,14,15). The average Bonchev–Trinajstić information content (AvgIpc) is 2.32. The highest BCUT2D eigenvalue weighted by atomic mass is 15.1. The Labute approximate surface area is 90.6 Å². The number of nitrogens with zero attached hydrogens (tertiary/aromatic N) is 2. The molecule has 1 aliphatic carbocycles. The Balaban J connectivity index is 1.73. The molecular weight excluding hydrogens is 186 g/mol. The second-order valence-electron chi connectivity index (χ2n) is 3.86. The molecule has 1 aromatic heterocycles. The van der Waals surface area contributed by atoms with Gasteiger partial charge in [0.1, 0.15) is 0 Å². The zero-order valence-corrected chi connectivity index (χ0v) is 8.95. The van der Waals surface area contributed by atoms with Crippen molar-refractivity contribution in [2.45, 2.75) is 32.1 Å². The molecule has 3 heteroatoms. The van der Waals surface area contributed by atoms with E-state index in [1.807, 2.05) is 6.07 Å². The van der Waals surface area contributed by atoms with Gasteiger partial charge in [-0.15, -0.1) is 0 Å². The number of allylic oxidation sites excluding steroid dienone is 1. The molecule has 0 aliphatic heterocycles. The van der Waals surface area contributed by atoms with Gasteiger partial charge in [0.05, 0.1) is 0 Å². The quantitative estimate of drug-likeness (QED) is 0.765. The van der Waals surface area contributed by atoms with Crippen molar-refractivity contribution < 1.29 is 0 Å². The van der Waals surface area contributed by atoms with E-state index in [2.05, 4.69) is 21.4 Å². The maximum absolute atomic E-state index is 4.12. The minimum atomic E-state index is 0.730. The lowest BCUT2D eigenvalue weighted by atomic mass is 9.97. The van der Waals surface area contributed by atoms with Gasteiger partial charge in [0.2, 0.25) is 5.95 Å². The van der Waals surface area contributed by atoms with Gasteiger partial charge >= 0.3 is 0 Å². The summed E-state index contributed by atoms with van der Waals surface area (Å²) in [4.78, 5) is 8.24. The van der Waals surface area contributed by atoms with E-state index >= 15 is 0 Å². The van der Waals surface area contributed by atoms with Gasteiger partial charge in [0, 0.05) is 18.9 Å². The second-order valence-corrected chi connectivity index (χ2v) is 3.86. The molecular formula is C12H17N3. The number of nitrogens with one attached hydrogen (secondary N) is 1. The lowest BCUT2D eigenvalue weighted by Gasteiger charge is -2.12. The third-order valence-corrected chi connectivity index (χ3v) is 2.68. The summed E-state index contributed by atoms with van der Waals surface area (Å²) >= 11 is 0. The fourth-order valence-electron chi connectivity index (χ4n) is 1.86. The highest BCUT2D eigenvalue weighted by Gasteiger charge is 2.03. The molecule has 0 amide bonds. The summed E-state index contributed by atoms with van der Waals surface area (Å²) in [5, 5.41) is 3.23. The molecule has 1 heterocycles. The molecule has 0 saturated carbocycles. The SMILES string of the molecule is C1=C(CCNc2ncccn2)CCCC1. The van der Waals surface area contributed by atoms with E-state index in [1.54, 1.807) is 18.0 Å². The monoisotopic (exact) mass is 203 g/mol. The Morgan fingerprint density at radius 3 is 2.80 bits per heavy atom. The molecule has 0 fully saturated rings. The first kappa shape index (κ1) is 10.1. The fraction of sp³-hybridized carbons (Fsp3) is 0.500. The smallest absolute Gasteiger partial charge is 0.222 e. The molecule has 80 valence electrons. The molecule has 0 atom stereocenters. The van der Waals surface area contributed by atoms with Crippen molar-refractivity contribution in [1.82, 2.24) is 9.97 Å². The Hall–Kier alpha value is -1.38. The molecule has 15 heavy (non-hydrogen) atoms. The molecule has 3 nitrogen and oxygen atoms in total. The van der Waals surface area contributed by atoms with E-state index in [-0.39, 0.29) is 0 Å². The van der Waals surface area contributed by atoms with Gasteiger partial charge in [-0.2, -0.15) is 0 Å². The summed E-state index contributed by atoms with van der Waals surface area (Å²) in [6.45, 7) is 0.940. The van der Waals surface area contributed by atoms with Crippen molar-refractivity contribution in [2.24, 2.45) is 0 Å². The minimum absolute atomic E-state index is 0.730. The summed E-state index contributed by atoms with van der Waals surface area (Å²) in [6.07, 6.45) is 12.3. The van der Waals surface area contributed by atoms with Gasteiger partial charge in [0.15, 0.2) is 0 Å². The zero-order chi connectivity index (χ0) is 10.3. The van der Waals surface area contributed by atoms with E-state index in [0.29, 0.717) is 0 Å². The number of hydrogen-bond donors (Lipinski definition) is 1. The number of rotatable bonds is 4. The average molecular weight is 203 g/mol. The van der Waals surface area contributed by atoms with Crippen LogP contribution in [0.3, 0.4) is 0 Å². The van der Waals surface area contributed by atoms with Crippen LogP contribution < -0.4 is 5.32 Å². The molecule has 0 radical (unpaired) electrons. The van der Waals surface area contributed by atoms with Gasteiger partial charge in [-0.25, -0.2) is 9.97 Å². The predicted molar refractivity (Wildman–Crippen MR) is 61.7 cm³/mol. The van der Waals surface area contributed by atoms with Crippen LogP contribution in [0.2, 0.25) is 0 Å². The molecule has 0 bridgehead atoms. The van der Waals surface area contributed by atoms with E-state index in [1.165, 1.54) is 25.7 Å². The lowest BCUT2D eigenvalue weighted by Crippen LogP contribution is -2.06. The van der Waals surface area contributed by atoms with Crippen LogP contribution in [0, 0.1) is 0 Å². The first-order valence-electron chi connectivity index (χ1n) is 5.64. The van der Waals surface area contributed by atoms with Crippen LogP contribution in [0.1, 0.15) is 32.1 Å². The topological polar surface area (TPSA) is 37.8 Å². The normalized spacial score (nSPS) is 15.9. The number of hydrogen-bond acceptors (Lipinski definition) is 3. The maximum atomic E-state index is 4.12. The number of aromatic nitrogens is 2. The molecule has 1 aromatic rings. The largest absolute Gasteiger partial charge is 0.354 e. The summed E-state index contributed by atoms with van der Waals surface area (Å²) in [7, 11) is 0. The fourth-order valence-corrected chi connectivity index (χ4v) is 1.86. The summed E-state index contributed by atoms with van der Waals surface area (Å²) in [5.74, 6) is 0.730. The molecule has 0 unspecified atom stereocenters. The van der Waals surface area contributed by atoms with Gasteiger partial charge < -0.3 is 5.32 Å². The zero-order valence-electron chi connectivity index (χ0n) is 8.95. The van der Waals surface area contributed by atoms with Crippen molar-refractivity contribution in [3.63, 3.8) is 0 Å². The molecule has 1 N–H and O–H groups in total. The second kappa shape index (κ2) is 5.49. The first-order valence-corrected chi connectivity index (χ1v) is 5.64. The molecule has 0 saturated heterocycles. The molecule has 1 aliphatic rings. The van der Waals surface area contributed by atoms with Crippen LogP contribution in [0.4, 0.5) is 5.95 Å². The molecule has 2 rings (SSSR count). The number of anilines is 1. The van der Waals surface area contributed by atoms with Crippen molar-refractivity contribution in [2.75, 3.05) is 11.9 Å². The van der Waals surface area contributed by atoms with Gasteiger partial charge in [-0.3, -0.25) is 0 Å². The van der Waals surface area contributed by atoms with Crippen LogP contribution in [0.15, 0.2) is 30.1 Å². The van der Waals surface area contributed by atoms with Crippen LogP contribution in [-0.2, 0) is 0 Å². The Kier molecular flexibility index (Phi) is 3.71. The molecule has 0 aromatic carbocycles. The van der Waals surface area contributed by atoms with Gasteiger partial charge in [-0.1, -0.05) is 11.6 Å². The highest BCUT2D eigenvalue weighted by Crippen LogP contribution is 2.19. The lowest BCUT2D eigenvalue weighted by molar-refractivity contribution is 0.679. The van der Waals surface area contributed by atoms with E-state index in [0.717, 1.165) is 18.9 Å². The van der Waals surface area contributed by atoms with Crippen LogP contribution in [0.25, 0.3) is 0 Å². The van der Waals surface area contributed by atoms with Crippen molar-refractivity contribution >= 4 is 5.95 Å². The van der Waals surface area contributed by atoms with E-state index in [9.17, 15) is 0 Å². The van der Waals surface area contributed by atoms with E-state index < -0.39 is 0 Å². The minimum Gasteiger partial charge on any atom is -0.354 e. The first-order chi connectivity index (χ1) is 7.45. The summed E-state index contributed by atoms with van der Waals surface area (Å²) in [5.41, 5.74) is 1.59. The third-order valence-electron chi connectivity index (χ3n) is 2.68. The Bertz CT molecular complexity index is 319. The van der Waals surface area contributed by atoms with Crippen LogP contribution >= 0.6 is 0 Å². The van der Waals surface area contributed by atoms with Crippen molar-refractivity contribution in [3.05, 3.63) is 30.1 Å². The van der Waals surface area contributed by atoms with E-state index in [4.69, 9.17) is 0 Å². The third kappa shape index (κ3) is 3.35. The summed E-state index contributed by atoms with van der Waals surface area (Å²) < 4.78 is 0. The summed E-state index contributed by atoms with van der Waals surface area (Å²) in [6, 6.07) is 1.83.